The zero-order chi connectivity index (χ0) is 12.7. The monoisotopic (exact) mass is 236 g/mol. The first-order valence-electron chi connectivity index (χ1n) is 6.43. The molecule has 2 unspecified atom stereocenters. The van der Waals surface area contributed by atoms with Crippen LogP contribution in [-0.4, -0.2) is 18.6 Å². The van der Waals surface area contributed by atoms with Crippen molar-refractivity contribution in [1.82, 2.24) is 10.3 Å². The van der Waals surface area contributed by atoms with Gasteiger partial charge in [0.05, 0.1) is 6.61 Å². The Labute approximate surface area is 105 Å². The van der Waals surface area contributed by atoms with E-state index in [0.29, 0.717) is 12.0 Å². The van der Waals surface area contributed by atoms with E-state index in [1.165, 1.54) is 18.4 Å². The van der Waals surface area contributed by atoms with Gasteiger partial charge in [0, 0.05) is 18.3 Å². The first-order chi connectivity index (χ1) is 8.17. The normalized spacial score (nSPS) is 14.4. The van der Waals surface area contributed by atoms with Crippen molar-refractivity contribution in [3.63, 3.8) is 0 Å². The summed E-state index contributed by atoms with van der Waals surface area (Å²) < 4.78 is 5.72. The summed E-state index contributed by atoms with van der Waals surface area (Å²) in [6, 6.07) is 4.36. The van der Waals surface area contributed by atoms with Crippen LogP contribution >= 0.6 is 0 Å². The van der Waals surface area contributed by atoms with Crippen LogP contribution in [0.5, 0.6) is 5.88 Å². The molecule has 3 heteroatoms. The van der Waals surface area contributed by atoms with Crippen molar-refractivity contribution in [2.75, 3.05) is 13.7 Å². The predicted octanol–water partition coefficient (Wildman–Crippen LogP) is 3.18. The first kappa shape index (κ1) is 14.0. The quantitative estimate of drug-likeness (QED) is 0.789. The van der Waals surface area contributed by atoms with Gasteiger partial charge in [-0.1, -0.05) is 20.3 Å². The van der Waals surface area contributed by atoms with Crippen molar-refractivity contribution >= 4 is 0 Å². The number of hydrogen-bond acceptors (Lipinski definition) is 3. The third-order valence-electron chi connectivity index (χ3n) is 2.99. The number of ether oxygens (including phenoxy) is 1. The smallest absolute Gasteiger partial charge is 0.213 e. The fourth-order valence-electron chi connectivity index (χ4n) is 1.74. The molecule has 0 amide bonds. The molecule has 0 bridgehead atoms. The molecule has 0 radical (unpaired) electrons. The Morgan fingerprint density at radius 1 is 1.41 bits per heavy atom. The second-order valence-corrected chi connectivity index (χ2v) is 4.64. The standard InChI is InChI=1S/C14H24N2O/c1-5-6-11(2)10-17-14-9-13(7-8-16-14)12(3)15-4/h7-9,11-12,15H,5-6,10H2,1-4H3. The molecule has 1 aromatic heterocycles. The fourth-order valence-corrected chi connectivity index (χ4v) is 1.74. The zero-order valence-electron chi connectivity index (χ0n) is 11.4. The second-order valence-electron chi connectivity index (χ2n) is 4.64. The van der Waals surface area contributed by atoms with Crippen LogP contribution in [0.2, 0.25) is 0 Å². The molecule has 0 saturated carbocycles. The molecule has 96 valence electrons. The Hall–Kier alpha value is -1.09. The van der Waals surface area contributed by atoms with Gasteiger partial charge in [0.2, 0.25) is 5.88 Å². The van der Waals surface area contributed by atoms with Crippen molar-refractivity contribution in [2.45, 2.75) is 39.7 Å². The van der Waals surface area contributed by atoms with Gasteiger partial charge in [0.15, 0.2) is 0 Å². The predicted molar refractivity (Wildman–Crippen MR) is 71.3 cm³/mol. The molecule has 17 heavy (non-hydrogen) atoms. The fraction of sp³-hybridized carbons (Fsp3) is 0.643. The molecule has 0 spiro atoms. The minimum Gasteiger partial charge on any atom is -0.477 e. The molecule has 1 N–H and O–H groups in total. The third-order valence-corrected chi connectivity index (χ3v) is 2.99. The summed E-state index contributed by atoms with van der Waals surface area (Å²) >= 11 is 0. The van der Waals surface area contributed by atoms with E-state index in [2.05, 4.69) is 31.1 Å². The summed E-state index contributed by atoms with van der Waals surface area (Å²) in [7, 11) is 1.95. The largest absolute Gasteiger partial charge is 0.477 e. The summed E-state index contributed by atoms with van der Waals surface area (Å²) in [5.74, 6) is 1.32. The summed E-state index contributed by atoms with van der Waals surface area (Å²) in [6.45, 7) is 7.28. The number of hydrogen-bond donors (Lipinski definition) is 1. The molecular weight excluding hydrogens is 212 g/mol. The molecule has 0 aromatic carbocycles. The minimum atomic E-state index is 0.327. The second kappa shape index (κ2) is 7.28. The van der Waals surface area contributed by atoms with E-state index in [0.717, 1.165) is 12.5 Å². The van der Waals surface area contributed by atoms with Gasteiger partial charge in [-0.3, -0.25) is 0 Å². The van der Waals surface area contributed by atoms with Crippen molar-refractivity contribution < 1.29 is 4.74 Å². The molecule has 1 aromatic rings. The van der Waals surface area contributed by atoms with Crippen LogP contribution in [0.15, 0.2) is 18.3 Å². The van der Waals surface area contributed by atoms with E-state index in [1.807, 2.05) is 25.4 Å². The molecule has 0 fully saturated rings. The zero-order valence-corrected chi connectivity index (χ0v) is 11.4. The lowest BCUT2D eigenvalue weighted by molar-refractivity contribution is 0.242. The molecule has 0 aliphatic carbocycles. The number of nitrogens with zero attached hydrogens (tertiary/aromatic N) is 1. The highest BCUT2D eigenvalue weighted by Crippen LogP contribution is 2.17. The maximum atomic E-state index is 5.72. The van der Waals surface area contributed by atoms with Crippen LogP contribution < -0.4 is 10.1 Å². The topological polar surface area (TPSA) is 34.1 Å². The number of aromatic nitrogens is 1. The van der Waals surface area contributed by atoms with E-state index >= 15 is 0 Å². The average molecular weight is 236 g/mol. The van der Waals surface area contributed by atoms with Gasteiger partial charge in [0.25, 0.3) is 0 Å². The van der Waals surface area contributed by atoms with Crippen molar-refractivity contribution in [3.05, 3.63) is 23.9 Å². The lowest BCUT2D eigenvalue weighted by Crippen LogP contribution is -2.13. The van der Waals surface area contributed by atoms with Crippen molar-refractivity contribution in [2.24, 2.45) is 5.92 Å². The van der Waals surface area contributed by atoms with Crippen molar-refractivity contribution in [1.29, 1.82) is 0 Å². The van der Waals surface area contributed by atoms with Crippen LogP contribution in [0.4, 0.5) is 0 Å². The Morgan fingerprint density at radius 3 is 2.82 bits per heavy atom. The van der Waals surface area contributed by atoms with Gasteiger partial charge in [-0.2, -0.15) is 0 Å². The van der Waals surface area contributed by atoms with Gasteiger partial charge in [-0.05, 0) is 37.9 Å². The molecule has 0 aliphatic rings. The number of nitrogens with one attached hydrogen (secondary N) is 1. The third kappa shape index (κ3) is 4.73. The van der Waals surface area contributed by atoms with Crippen LogP contribution in [0.1, 0.15) is 45.2 Å². The highest BCUT2D eigenvalue weighted by atomic mass is 16.5. The lowest BCUT2D eigenvalue weighted by Gasteiger charge is -2.14. The number of pyridine rings is 1. The molecule has 2 atom stereocenters. The molecule has 1 rings (SSSR count). The Bertz CT molecular complexity index is 328. The minimum absolute atomic E-state index is 0.327. The van der Waals surface area contributed by atoms with Crippen LogP contribution in [0, 0.1) is 5.92 Å². The molecular formula is C14H24N2O. The Kier molecular flexibility index (Phi) is 5.98. The van der Waals surface area contributed by atoms with Gasteiger partial charge in [-0.15, -0.1) is 0 Å². The van der Waals surface area contributed by atoms with Gasteiger partial charge in [-0.25, -0.2) is 4.98 Å². The number of rotatable bonds is 7. The maximum absolute atomic E-state index is 5.72. The summed E-state index contributed by atoms with van der Waals surface area (Å²) in [4.78, 5) is 4.24. The van der Waals surface area contributed by atoms with Crippen LogP contribution in [0.25, 0.3) is 0 Å². The SMILES string of the molecule is CCCC(C)COc1cc(C(C)NC)ccn1. The Morgan fingerprint density at radius 2 is 2.18 bits per heavy atom. The first-order valence-corrected chi connectivity index (χ1v) is 6.43. The van der Waals surface area contributed by atoms with Crippen molar-refractivity contribution in [3.8, 4) is 5.88 Å². The van der Waals surface area contributed by atoms with Gasteiger partial charge < -0.3 is 10.1 Å². The summed E-state index contributed by atoms with van der Waals surface area (Å²) in [6.07, 6.45) is 4.21. The lowest BCUT2D eigenvalue weighted by atomic mass is 10.1. The van der Waals surface area contributed by atoms with Gasteiger partial charge in [0.1, 0.15) is 0 Å². The van der Waals surface area contributed by atoms with E-state index in [9.17, 15) is 0 Å². The van der Waals surface area contributed by atoms with E-state index in [-0.39, 0.29) is 0 Å². The van der Waals surface area contributed by atoms with Crippen LogP contribution in [-0.2, 0) is 0 Å². The van der Waals surface area contributed by atoms with E-state index in [4.69, 9.17) is 4.74 Å². The average Bonchev–Trinajstić information content (AvgIpc) is 2.36. The van der Waals surface area contributed by atoms with Crippen LogP contribution in [0.3, 0.4) is 0 Å². The Balaban J connectivity index is 2.54. The molecule has 0 aliphatic heterocycles. The summed E-state index contributed by atoms with van der Waals surface area (Å²) in [5, 5.41) is 3.21. The summed E-state index contributed by atoms with van der Waals surface area (Å²) in [5.41, 5.74) is 1.21. The maximum Gasteiger partial charge on any atom is 0.213 e. The highest BCUT2D eigenvalue weighted by molar-refractivity contribution is 5.23. The van der Waals surface area contributed by atoms with E-state index < -0.39 is 0 Å². The van der Waals surface area contributed by atoms with Gasteiger partial charge >= 0.3 is 0 Å². The molecule has 3 nitrogen and oxygen atoms in total. The molecule has 0 saturated heterocycles. The highest BCUT2D eigenvalue weighted by Gasteiger charge is 2.06. The molecule has 1 heterocycles. The van der Waals surface area contributed by atoms with E-state index in [1.54, 1.807) is 0 Å².